The molecule has 2 rings (SSSR count). The molecule has 0 spiro atoms. The first-order valence-electron chi connectivity index (χ1n) is 5.96. The Kier molecular flexibility index (Phi) is 4.01. The van der Waals surface area contributed by atoms with Gasteiger partial charge in [-0.2, -0.15) is 0 Å². The van der Waals surface area contributed by atoms with Crippen molar-refractivity contribution in [3.8, 4) is 11.6 Å². The molecule has 0 aliphatic carbocycles. The first kappa shape index (κ1) is 13.1. The van der Waals surface area contributed by atoms with Gasteiger partial charge in [-0.15, -0.1) is 0 Å². The molecule has 2 aromatic rings. The lowest BCUT2D eigenvalue weighted by Gasteiger charge is -2.10. The third-order valence-electron chi connectivity index (χ3n) is 2.62. The predicted octanol–water partition coefficient (Wildman–Crippen LogP) is 3.94. The zero-order chi connectivity index (χ0) is 13.1. The van der Waals surface area contributed by atoms with E-state index >= 15 is 0 Å². The molecule has 18 heavy (non-hydrogen) atoms. The average Bonchev–Trinajstić information content (AvgIpc) is 2.77. The van der Waals surface area contributed by atoms with Gasteiger partial charge < -0.3 is 9.73 Å². The molecular formula is C13H16BrN3O. The Morgan fingerprint density at radius 3 is 2.72 bits per heavy atom. The summed E-state index contributed by atoms with van der Waals surface area (Å²) in [6.07, 6.45) is 2.70. The molecule has 0 saturated heterocycles. The van der Waals surface area contributed by atoms with E-state index in [1.807, 2.05) is 19.9 Å². The van der Waals surface area contributed by atoms with Crippen LogP contribution in [0.5, 0.6) is 0 Å². The van der Waals surface area contributed by atoms with E-state index in [4.69, 9.17) is 4.42 Å². The van der Waals surface area contributed by atoms with Crippen molar-refractivity contribution in [2.24, 2.45) is 0 Å². The van der Waals surface area contributed by atoms with E-state index in [0.29, 0.717) is 5.82 Å². The second kappa shape index (κ2) is 5.52. The van der Waals surface area contributed by atoms with Crippen LogP contribution in [0.1, 0.15) is 24.6 Å². The molecule has 0 saturated carbocycles. The van der Waals surface area contributed by atoms with Crippen LogP contribution in [0.3, 0.4) is 0 Å². The SMILES string of the molecule is CCCNc1nc(-c2occc2C)nc(C)c1Br. The molecule has 1 N–H and O–H groups in total. The Hall–Kier alpha value is -1.36. The number of hydrogen-bond acceptors (Lipinski definition) is 4. The van der Waals surface area contributed by atoms with E-state index in [9.17, 15) is 0 Å². The number of aryl methyl sites for hydroxylation is 2. The number of aromatic nitrogens is 2. The topological polar surface area (TPSA) is 51.0 Å². The number of rotatable bonds is 4. The highest BCUT2D eigenvalue weighted by molar-refractivity contribution is 9.10. The molecule has 5 heteroatoms. The van der Waals surface area contributed by atoms with Crippen molar-refractivity contribution in [1.82, 2.24) is 9.97 Å². The van der Waals surface area contributed by atoms with Gasteiger partial charge in [0.2, 0.25) is 0 Å². The van der Waals surface area contributed by atoms with E-state index in [0.717, 1.165) is 40.3 Å². The van der Waals surface area contributed by atoms with Crippen LogP contribution in [0.25, 0.3) is 11.6 Å². The van der Waals surface area contributed by atoms with Crippen LogP contribution < -0.4 is 5.32 Å². The molecule has 0 aliphatic rings. The van der Waals surface area contributed by atoms with Crippen molar-refractivity contribution in [3.05, 3.63) is 28.1 Å². The lowest BCUT2D eigenvalue weighted by atomic mass is 10.2. The molecule has 0 fully saturated rings. The highest BCUT2D eigenvalue weighted by Gasteiger charge is 2.14. The quantitative estimate of drug-likeness (QED) is 0.929. The van der Waals surface area contributed by atoms with Crippen molar-refractivity contribution < 1.29 is 4.42 Å². The molecule has 0 aromatic carbocycles. The largest absolute Gasteiger partial charge is 0.461 e. The molecule has 0 radical (unpaired) electrons. The van der Waals surface area contributed by atoms with Gasteiger partial charge in [0.15, 0.2) is 11.6 Å². The zero-order valence-electron chi connectivity index (χ0n) is 10.7. The van der Waals surface area contributed by atoms with Crippen LogP contribution in [0.15, 0.2) is 21.2 Å². The Morgan fingerprint density at radius 2 is 2.11 bits per heavy atom. The zero-order valence-corrected chi connectivity index (χ0v) is 12.3. The highest BCUT2D eigenvalue weighted by atomic mass is 79.9. The van der Waals surface area contributed by atoms with Gasteiger partial charge >= 0.3 is 0 Å². The molecular weight excluding hydrogens is 294 g/mol. The predicted molar refractivity (Wildman–Crippen MR) is 75.7 cm³/mol. The van der Waals surface area contributed by atoms with Crippen LogP contribution in [0.2, 0.25) is 0 Å². The van der Waals surface area contributed by atoms with Crippen molar-refractivity contribution in [1.29, 1.82) is 0 Å². The number of halogens is 1. The fraction of sp³-hybridized carbons (Fsp3) is 0.385. The van der Waals surface area contributed by atoms with Gasteiger partial charge in [0, 0.05) is 6.54 Å². The fourth-order valence-electron chi connectivity index (χ4n) is 1.62. The van der Waals surface area contributed by atoms with Crippen molar-refractivity contribution in [2.45, 2.75) is 27.2 Å². The van der Waals surface area contributed by atoms with Gasteiger partial charge in [-0.05, 0) is 47.8 Å². The van der Waals surface area contributed by atoms with Crippen molar-refractivity contribution in [3.63, 3.8) is 0 Å². The third kappa shape index (κ3) is 2.56. The van der Waals surface area contributed by atoms with E-state index in [1.54, 1.807) is 6.26 Å². The monoisotopic (exact) mass is 309 g/mol. The molecule has 2 aromatic heterocycles. The Labute approximate surface area is 115 Å². The standard InChI is InChI=1S/C13H16BrN3O/c1-4-6-15-12-10(14)9(3)16-13(17-12)11-8(2)5-7-18-11/h5,7H,4,6H2,1-3H3,(H,15,16,17). The first-order chi connectivity index (χ1) is 8.63. The summed E-state index contributed by atoms with van der Waals surface area (Å²) in [6.45, 7) is 6.93. The van der Waals surface area contributed by atoms with Gasteiger partial charge in [0.05, 0.1) is 16.4 Å². The van der Waals surface area contributed by atoms with Gasteiger partial charge in [-0.1, -0.05) is 6.92 Å². The van der Waals surface area contributed by atoms with Crippen molar-refractivity contribution in [2.75, 3.05) is 11.9 Å². The molecule has 2 heterocycles. The smallest absolute Gasteiger partial charge is 0.198 e. The minimum Gasteiger partial charge on any atom is -0.461 e. The lowest BCUT2D eigenvalue weighted by molar-refractivity contribution is 0.575. The Bertz CT molecular complexity index is 551. The van der Waals surface area contributed by atoms with Crippen LogP contribution in [0, 0.1) is 13.8 Å². The third-order valence-corrected chi connectivity index (χ3v) is 3.57. The lowest BCUT2D eigenvalue weighted by Crippen LogP contribution is -2.06. The maximum atomic E-state index is 5.44. The van der Waals surface area contributed by atoms with Crippen LogP contribution in [-0.4, -0.2) is 16.5 Å². The summed E-state index contributed by atoms with van der Waals surface area (Å²) in [7, 11) is 0. The summed E-state index contributed by atoms with van der Waals surface area (Å²) in [4.78, 5) is 8.96. The van der Waals surface area contributed by atoms with E-state index in [2.05, 4.69) is 38.1 Å². The van der Waals surface area contributed by atoms with E-state index in [1.165, 1.54) is 0 Å². The molecule has 0 amide bonds. The molecule has 0 bridgehead atoms. The second-order valence-corrected chi connectivity index (χ2v) is 4.95. The first-order valence-corrected chi connectivity index (χ1v) is 6.75. The summed E-state index contributed by atoms with van der Waals surface area (Å²) in [6, 6.07) is 1.91. The Balaban J connectivity index is 2.44. The molecule has 0 aliphatic heterocycles. The summed E-state index contributed by atoms with van der Waals surface area (Å²) >= 11 is 3.51. The summed E-state index contributed by atoms with van der Waals surface area (Å²) in [5.74, 6) is 2.16. The fourth-order valence-corrected chi connectivity index (χ4v) is 1.94. The summed E-state index contributed by atoms with van der Waals surface area (Å²) in [5.41, 5.74) is 1.94. The van der Waals surface area contributed by atoms with Crippen LogP contribution in [-0.2, 0) is 0 Å². The summed E-state index contributed by atoms with van der Waals surface area (Å²) in [5, 5.41) is 3.29. The van der Waals surface area contributed by atoms with Gasteiger partial charge in [-0.25, -0.2) is 9.97 Å². The normalized spacial score (nSPS) is 10.7. The Morgan fingerprint density at radius 1 is 1.33 bits per heavy atom. The maximum Gasteiger partial charge on any atom is 0.198 e. The molecule has 0 atom stereocenters. The second-order valence-electron chi connectivity index (χ2n) is 4.15. The molecule has 0 unspecified atom stereocenters. The van der Waals surface area contributed by atoms with Gasteiger partial charge in [0.25, 0.3) is 0 Å². The maximum absolute atomic E-state index is 5.44. The van der Waals surface area contributed by atoms with E-state index < -0.39 is 0 Å². The van der Waals surface area contributed by atoms with Gasteiger partial charge in [0.1, 0.15) is 5.82 Å². The minimum absolute atomic E-state index is 0.622. The highest BCUT2D eigenvalue weighted by Crippen LogP contribution is 2.28. The van der Waals surface area contributed by atoms with Crippen LogP contribution >= 0.6 is 15.9 Å². The van der Waals surface area contributed by atoms with E-state index in [-0.39, 0.29) is 0 Å². The van der Waals surface area contributed by atoms with Crippen molar-refractivity contribution >= 4 is 21.7 Å². The summed E-state index contributed by atoms with van der Waals surface area (Å²) < 4.78 is 6.34. The molecule has 4 nitrogen and oxygen atoms in total. The molecule has 96 valence electrons. The number of anilines is 1. The number of furan rings is 1. The average molecular weight is 310 g/mol. The van der Waals surface area contributed by atoms with Crippen LogP contribution in [0.4, 0.5) is 5.82 Å². The van der Waals surface area contributed by atoms with Gasteiger partial charge in [-0.3, -0.25) is 0 Å². The number of hydrogen-bond donors (Lipinski definition) is 1. The minimum atomic E-state index is 0.622. The number of nitrogens with one attached hydrogen (secondary N) is 1. The number of nitrogens with zero attached hydrogens (tertiary/aromatic N) is 2.